The normalized spacial score (nSPS) is 10.6. The number of anilines is 1. The van der Waals surface area contributed by atoms with E-state index in [1.54, 1.807) is 6.07 Å². The molecule has 0 radical (unpaired) electrons. The zero-order valence-corrected chi connectivity index (χ0v) is 16.1. The van der Waals surface area contributed by atoms with Gasteiger partial charge in [-0.1, -0.05) is 47.5 Å². The number of nitrogens with one attached hydrogen (secondary N) is 3. The van der Waals surface area contributed by atoms with Crippen LogP contribution >= 0.6 is 11.6 Å². The number of H-pyrrole nitrogens is 1. The van der Waals surface area contributed by atoms with Crippen LogP contribution in [-0.4, -0.2) is 27.8 Å². The number of aromatic nitrogens is 3. The second-order valence-electron chi connectivity index (χ2n) is 6.46. The van der Waals surface area contributed by atoms with Crippen molar-refractivity contribution in [2.45, 2.75) is 26.7 Å². The van der Waals surface area contributed by atoms with Gasteiger partial charge in [0, 0.05) is 30.1 Å². The largest absolute Gasteiger partial charge is 0.337 e. The van der Waals surface area contributed by atoms with Gasteiger partial charge in [-0.2, -0.15) is 5.10 Å². The van der Waals surface area contributed by atoms with Crippen molar-refractivity contribution in [3.05, 3.63) is 75.8 Å². The van der Waals surface area contributed by atoms with Crippen molar-refractivity contribution in [1.29, 1.82) is 0 Å². The highest BCUT2D eigenvalue weighted by Gasteiger charge is 2.07. The molecule has 1 heterocycles. The second-order valence-corrected chi connectivity index (χ2v) is 6.86. The summed E-state index contributed by atoms with van der Waals surface area (Å²) in [4.78, 5) is 16.4. The van der Waals surface area contributed by atoms with Crippen molar-refractivity contribution in [3.63, 3.8) is 0 Å². The Bertz CT molecular complexity index is 920. The van der Waals surface area contributed by atoms with Crippen LogP contribution in [0.2, 0.25) is 5.02 Å². The summed E-state index contributed by atoms with van der Waals surface area (Å²) in [5.74, 6) is 1.49. The fourth-order valence-corrected chi connectivity index (χ4v) is 2.74. The number of hydrogen-bond donors (Lipinski definition) is 3. The maximum atomic E-state index is 12.0. The molecular weight excluding hydrogens is 362 g/mol. The van der Waals surface area contributed by atoms with Crippen LogP contribution < -0.4 is 10.6 Å². The average molecular weight is 384 g/mol. The quantitative estimate of drug-likeness (QED) is 0.601. The van der Waals surface area contributed by atoms with E-state index in [1.165, 1.54) is 11.1 Å². The Hall–Kier alpha value is -2.86. The Kier molecular flexibility index (Phi) is 6.08. The van der Waals surface area contributed by atoms with Crippen molar-refractivity contribution < 1.29 is 4.79 Å². The minimum Gasteiger partial charge on any atom is -0.337 e. The highest BCUT2D eigenvalue weighted by Crippen LogP contribution is 2.19. The average Bonchev–Trinajstić information content (AvgIpc) is 3.07. The van der Waals surface area contributed by atoms with E-state index in [0.29, 0.717) is 35.9 Å². The first kappa shape index (κ1) is 18.9. The summed E-state index contributed by atoms with van der Waals surface area (Å²) in [5.41, 5.74) is 4.03. The Morgan fingerprint density at radius 1 is 1.15 bits per heavy atom. The number of carbonyl (C=O) groups excluding carboxylic acids is 1. The maximum absolute atomic E-state index is 12.0. The van der Waals surface area contributed by atoms with E-state index in [1.807, 2.05) is 19.1 Å². The molecule has 1 aromatic heterocycles. The third-order valence-corrected chi connectivity index (χ3v) is 4.54. The van der Waals surface area contributed by atoms with Gasteiger partial charge in [0.05, 0.1) is 0 Å². The van der Waals surface area contributed by atoms with Gasteiger partial charge in [0.15, 0.2) is 5.82 Å². The van der Waals surface area contributed by atoms with E-state index in [0.717, 1.165) is 11.4 Å². The highest BCUT2D eigenvalue weighted by atomic mass is 35.5. The molecular formula is C20H22ClN5O. The number of benzene rings is 2. The fourth-order valence-electron chi connectivity index (χ4n) is 2.56. The SMILES string of the molecule is Cc1ccc(Cc2nc(CCNC(=O)Nc3ccc(C)c(Cl)c3)n[nH]2)cc1. The van der Waals surface area contributed by atoms with Crippen molar-refractivity contribution >= 4 is 23.3 Å². The Morgan fingerprint density at radius 3 is 2.67 bits per heavy atom. The summed E-state index contributed by atoms with van der Waals surface area (Å²) in [7, 11) is 0. The van der Waals surface area contributed by atoms with Gasteiger partial charge in [-0.15, -0.1) is 0 Å². The van der Waals surface area contributed by atoms with E-state index in [-0.39, 0.29) is 6.03 Å². The summed E-state index contributed by atoms with van der Waals surface area (Å²) in [6.45, 7) is 4.41. The summed E-state index contributed by atoms with van der Waals surface area (Å²) < 4.78 is 0. The summed E-state index contributed by atoms with van der Waals surface area (Å²) in [6, 6.07) is 13.4. The van der Waals surface area contributed by atoms with Gasteiger partial charge in [-0.3, -0.25) is 5.10 Å². The molecule has 7 heteroatoms. The number of rotatable bonds is 6. The highest BCUT2D eigenvalue weighted by molar-refractivity contribution is 6.31. The van der Waals surface area contributed by atoms with Crippen molar-refractivity contribution in [2.75, 3.05) is 11.9 Å². The molecule has 27 heavy (non-hydrogen) atoms. The molecule has 140 valence electrons. The number of carbonyl (C=O) groups is 1. The standard InChI is InChI=1S/C20H22ClN5O/c1-13-3-6-15(7-4-13)11-19-24-18(25-26-19)9-10-22-20(27)23-16-8-5-14(2)17(21)12-16/h3-8,12H,9-11H2,1-2H3,(H2,22,23,27)(H,24,25,26). The number of nitrogens with zero attached hydrogens (tertiary/aromatic N) is 2. The predicted octanol–water partition coefficient (Wildman–Crippen LogP) is 4.03. The van der Waals surface area contributed by atoms with Gasteiger partial charge in [0.2, 0.25) is 0 Å². The molecule has 0 spiro atoms. The lowest BCUT2D eigenvalue weighted by molar-refractivity contribution is 0.252. The van der Waals surface area contributed by atoms with Gasteiger partial charge in [0.1, 0.15) is 5.82 Å². The van der Waals surface area contributed by atoms with Gasteiger partial charge in [-0.25, -0.2) is 9.78 Å². The number of halogens is 1. The Balaban J connectivity index is 1.45. The van der Waals surface area contributed by atoms with E-state index in [4.69, 9.17) is 11.6 Å². The second kappa shape index (κ2) is 8.68. The fraction of sp³-hybridized carbons (Fsp3) is 0.250. The molecule has 0 aliphatic heterocycles. The number of urea groups is 1. The number of aryl methyl sites for hydroxylation is 2. The first-order valence-corrected chi connectivity index (χ1v) is 9.14. The summed E-state index contributed by atoms with van der Waals surface area (Å²) >= 11 is 6.06. The number of amides is 2. The molecule has 0 unspecified atom stereocenters. The van der Waals surface area contributed by atoms with Crippen LogP contribution in [0.1, 0.15) is 28.3 Å². The van der Waals surface area contributed by atoms with Crippen LogP contribution in [0.5, 0.6) is 0 Å². The van der Waals surface area contributed by atoms with Gasteiger partial charge < -0.3 is 10.6 Å². The molecule has 0 saturated carbocycles. The lowest BCUT2D eigenvalue weighted by Gasteiger charge is -2.08. The van der Waals surface area contributed by atoms with Crippen LogP contribution in [0.3, 0.4) is 0 Å². The lowest BCUT2D eigenvalue weighted by Crippen LogP contribution is -2.30. The summed E-state index contributed by atoms with van der Waals surface area (Å²) in [5, 5.41) is 13.3. The first-order chi connectivity index (χ1) is 13.0. The number of aromatic amines is 1. The van der Waals surface area contributed by atoms with Gasteiger partial charge in [-0.05, 0) is 37.1 Å². The third-order valence-electron chi connectivity index (χ3n) is 4.13. The minimum atomic E-state index is -0.287. The molecule has 2 aromatic carbocycles. The molecule has 2 amide bonds. The first-order valence-electron chi connectivity index (χ1n) is 8.76. The van der Waals surface area contributed by atoms with Crippen molar-refractivity contribution in [2.24, 2.45) is 0 Å². The van der Waals surface area contributed by atoms with Crippen LogP contribution in [0.4, 0.5) is 10.5 Å². The predicted molar refractivity (Wildman–Crippen MR) is 107 cm³/mol. The molecule has 6 nitrogen and oxygen atoms in total. The molecule has 3 aromatic rings. The third kappa shape index (κ3) is 5.56. The molecule has 0 saturated heterocycles. The van der Waals surface area contributed by atoms with E-state index in [2.05, 4.69) is 57.0 Å². The van der Waals surface area contributed by atoms with Crippen molar-refractivity contribution in [3.8, 4) is 0 Å². The molecule has 0 aliphatic rings. The minimum absolute atomic E-state index is 0.287. The zero-order valence-electron chi connectivity index (χ0n) is 15.3. The van der Waals surface area contributed by atoms with Crippen LogP contribution in [0.15, 0.2) is 42.5 Å². The Labute approximate surface area is 163 Å². The van der Waals surface area contributed by atoms with Crippen LogP contribution in [-0.2, 0) is 12.8 Å². The smallest absolute Gasteiger partial charge is 0.319 e. The van der Waals surface area contributed by atoms with Crippen molar-refractivity contribution in [1.82, 2.24) is 20.5 Å². The summed E-state index contributed by atoms with van der Waals surface area (Å²) in [6.07, 6.45) is 1.25. The molecule has 3 rings (SSSR count). The molecule has 0 aliphatic carbocycles. The molecule has 3 N–H and O–H groups in total. The Morgan fingerprint density at radius 2 is 1.93 bits per heavy atom. The van der Waals surface area contributed by atoms with Gasteiger partial charge >= 0.3 is 6.03 Å². The zero-order chi connectivity index (χ0) is 19.2. The molecule has 0 atom stereocenters. The van der Waals surface area contributed by atoms with Crippen LogP contribution in [0.25, 0.3) is 0 Å². The maximum Gasteiger partial charge on any atom is 0.319 e. The van der Waals surface area contributed by atoms with Gasteiger partial charge in [0.25, 0.3) is 0 Å². The number of hydrogen-bond acceptors (Lipinski definition) is 3. The van der Waals surface area contributed by atoms with E-state index < -0.39 is 0 Å². The lowest BCUT2D eigenvalue weighted by atomic mass is 10.1. The monoisotopic (exact) mass is 383 g/mol. The van der Waals surface area contributed by atoms with E-state index >= 15 is 0 Å². The molecule has 0 bridgehead atoms. The topological polar surface area (TPSA) is 82.7 Å². The molecule has 0 fully saturated rings. The van der Waals surface area contributed by atoms with E-state index in [9.17, 15) is 4.79 Å². The van der Waals surface area contributed by atoms with Crippen LogP contribution in [0, 0.1) is 13.8 Å².